The predicted octanol–water partition coefficient (Wildman–Crippen LogP) is 0.475. The van der Waals surface area contributed by atoms with Crippen LogP contribution in [0.5, 0.6) is 0 Å². The molecule has 1 aromatic heterocycles. The van der Waals surface area contributed by atoms with Gasteiger partial charge >= 0.3 is 0 Å². The number of aromatic nitrogens is 1. The number of hydrogen-bond acceptors (Lipinski definition) is 4. The first-order valence-electron chi connectivity index (χ1n) is 5.66. The largest absolute Gasteiger partial charge is 0.396 e. The molecule has 2 rings (SSSR count). The SMILES string of the molecule is O=S(=O)(c1ccccn1)N1CCC(CO)CC1. The monoisotopic (exact) mass is 256 g/mol. The molecule has 1 aromatic rings. The lowest BCUT2D eigenvalue weighted by atomic mass is 10.00. The van der Waals surface area contributed by atoms with Crippen LogP contribution in [0.1, 0.15) is 12.8 Å². The van der Waals surface area contributed by atoms with E-state index in [9.17, 15) is 8.42 Å². The van der Waals surface area contributed by atoms with E-state index in [1.807, 2.05) is 0 Å². The van der Waals surface area contributed by atoms with Gasteiger partial charge in [-0.15, -0.1) is 0 Å². The van der Waals surface area contributed by atoms with E-state index in [4.69, 9.17) is 5.11 Å². The fraction of sp³-hybridized carbons (Fsp3) is 0.545. The Bertz CT molecular complexity index is 453. The summed E-state index contributed by atoms with van der Waals surface area (Å²) < 4.78 is 25.8. The minimum Gasteiger partial charge on any atom is -0.396 e. The fourth-order valence-electron chi connectivity index (χ4n) is 1.96. The van der Waals surface area contributed by atoms with Gasteiger partial charge in [-0.05, 0) is 30.9 Å². The van der Waals surface area contributed by atoms with Crippen molar-refractivity contribution >= 4 is 10.0 Å². The summed E-state index contributed by atoms with van der Waals surface area (Å²) in [5.74, 6) is 0.227. The zero-order valence-corrected chi connectivity index (χ0v) is 10.3. The summed E-state index contributed by atoms with van der Waals surface area (Å²) in [6.45, 7) is 1.06. The summed E-state index contributed by atoms with van der Waals surface area (Å²) in [5.41, 5.74) is 0. The smallest absolute Gasteiger partial charge is 0.260 e. The molecule has 1 fully saturated rings. The molecule has 6 heteroatoms. The molecular formula is C11H16N2O3S. The van der Waals surface area contributed by atoms with Crippen LogP contribution in [0, 0.1) is 5.92 Å². The number of hydrogen-bond donors (Lipinski definition) is 1. The average molecular weight is 256 g/mol. The maximum atomic E-state index is 12.2. The second-order valence-corrected chi connectivity index (χ2v) is 6.08. The highest BCUT2D eigenvalue weighted by Crippen LogP contribution is 2.22. The number of rotatable bonds is 3. The fourth-order valence-corrected chi connectivity index (χ4v) is 3.36. The van der Waals surface area contributed by atoms with Gasteiger partial charge in [0.05, 0.1) is 0 Å². The summed E-state index contributed by atoms with van der Waals surface area (Å²) in [6, 6.07) is 4.87. The van der Waals surface area contributed by atoms with Crippen molar-refractivity contribution in [2.75, 3.05) is 19.7 Å². The van der Waals surface area contributed by atoms with Gasteiger partial charge in [-0.1, -0.05) is 6.07 Å². The highest BCUT2D eigenvalue weighted by atomic mass is 32.2. The van der Waals surface area contributed by atoms with Crippen LogP contribution in [0.2, 0.25) is 0 Å². The summed E-state index contributed by atoms with van der Waals surface area (Å²) in [4.78, 5) is 3.89. The topological polar surface area (TPSA) is 70.5 Å². The third-order valence-corrected chi connectivity index (χ3v) is 4.89. The molecule has 1 N–H and O–H groups in total. The first kappa shape index (κ1) is 12.5. The van der Waals surface area contributed by atoms with Crippen LogP contribution in [-0.4, -0.2) is 42.5 Å². The lowest BCUT2D eigenvalue weighted by Crippen LogP contribution is -2.39. The number of aliphatic hydroxyl groups is 1. The molecule has 0 unspecified atom stereocenters. The Balaban J connectivity index is 2.13. The van der Waals surface area contributed by atoms with Crippen molar-refractivity contribution in [2.45, 2.75) is 17.9 Å². The molecule has 17 heavy (non-hydrogen) atoms. The molecule has 0 spiro atoms. The third-order valence-electron chi connectivity index (χ3n) is 3.07. The van der Waals surface area contributed by atoms with Crippen LogP contribution >= 0.6 is 0 Å². The van der Waals surface area contributed by atoms with E-state index in [1.54, 1.807) is 12.1 Å². The van der Waals surface area contributed by atoms with Crippen LogP contribution in [-0.2, 0) is 10.0 Å². The van der Waals surface area contributed by atoms with Crippen molar-refractivity contribution in [2.24, 2.45) is 5.92 Å². The highest BCUT2D eigenvalue weighted by molar-refractivity contribution is 7.89. The van der Waals surface area contributed by atoms with Crippen LogP contribution in [0.25, 0.3) is 0 Å². The number of piperidine rings is 1. The zero-order chi connectivity index (χ0) is 12.3. The van der Waals surface area contributed by atoms with Crippen molar-refractivity contribution in [3.05, 3.63) is 24.4 Å². The summed E-state index contributed by atoms with van der Waals surface area (Å²) >= 11 is 0. The van der Waals surface area contributed by atoms with E-state index in [0.29, 0.717) is 25.9 Å². The molecule has 0 amide bonds. The molecule has 94 valence electrons. The van der Waals surface area contributed by atoms with E-state index in [1.165, 1.54) is 16.6 Å². The van der Waals surface area contributed by atoms with Gasteiger partial charge in [-0.2, -0.15) is 4.31 Å². The minimum atomic E-state index is -3.45. The highest BCUT2D eigenvalue weighted by Gasteiger charge is 2.29. The quantitative estimate of drug-likeness (QED) is 0.853. The maximum absolute atomic E-state index is 12.2. The summed E-state index contributed by atoms with van der Waals surface area (Å²) in [7, 11) is -3.45. The molecule has 0 radical (unpaired) electrons. The number of aliphatic hydroxyl groups excluding tert-OH is 1. The molecule has 0 atom stereocenters. The van der Waals surface area contributed by atoms with Gasteiger partial charge in [0, 0.05) is 25.9 Å². The van der Waals surface area contributed by atoms with E-state index in [-0.39, 0.29) is 17.6 Å². The van der Waals surface area contributed by atoms with Crippen molar-refractivity contribution < 1.29 is 13.5 Å². The first-order chi connectivity index (χ1) is 8.14. The number of nitrogens with zero attached hydrogens (tertiary/aromatic N) is 2. The normalized spacial score (nSPS) is 19.4. The third kappa shape index (κ3) is 2.65. The molecule has 0 saturated carbocycles. The van der Waals surface area contributed by atoms with Gasteiger partial charge in [0.15, 0.2) is 5.03 Å². The zero-order valence-electron chi connectivity index (χ0n) is 9.49. The number of pyridine rings is 1. The molecular weight excluding hydrogens is 240 g/mol. The molecule has 0 aromatic carbocycles. The molecule has 1 saturated heterocycles. The molecule has 0 bridgehead atoms. The minimum absolute atomic E-state index is 0.0995. The van der Waals surface area contributed by atoms with Gasteiger partial charge in [-0.25, -0.2) is 13.4 Å². The van der Waals surface area contributed by atoms with Crippen LogP contribution in [0.4, 0.5) is 0 Å². The van der Waals surface area contributed by atoms with Gasteiger partial charge in [0.25, 0.3) is 10.0 Å². The molecule has 1 aliphatic rings. The Kier molecular flexibility index (Phi) is 3.76. The Hall–Kier alpha value is -0.980. The van der Waals surface area contributed by atoms with Gasteiger partial charge in [0.2, 0.25) is 0 Å². The van der Waals surface area contributed by atoms with Gasteiger partial charge in [0.1, 0.15) is 0 Å². The Morgan fingerprint density at radius 1 is 1.35 bits per heavy atom. The van der Waals surface area contributed by atoms with Crippen LogP contribution in [0.3, 0.4) is 0 Å². The van der Waals surface area contributed by atoms with E-state index < -0.39 is 10.0 Å². The first-order valence-corrected chi connectivity index (χ1v) is 7.10. The van der Waals surface area contributed by atoms with E-state index in [0.717, 1.165) is 0 Å². The van der Waals surface area contributed by atoms with E-state index in [2.05, 4.69) is 4.98 Å². The Labute approximate surface area is 101 Å². The van der Waals surface area contributed by atoms with Gasteiger partial charge < -0.3 is 5.11 Å². The Morgan fingerprint density at radius 3 is 2.59 bits per heavy atom. The molecule has 0 aliphatic carbocycles. The Morgan fingerprint density at radius 2 is 2.06 bits per heavy atom. The summed E-state index contributed by atoms with van der Waals surface area (Å²) in [5, 5.41) is 9.12. The van der Waals surface area contributed by atoms with Crippen LogP contribution in [0.15, 0.2) is 29.4 Å². The average Bonchev–Trinajstić information content (AvgIpc) is 2.40. The number of sulfonamides is 1. The second-order valence-electron chi connectivity index (χ2n) is 4.20. The second kappa shape index (κ2) is 5.12. The lowest BCUT2D eigenvalue weighted by Gasteiger charge is -2.29. The molecule has 2 heterocycles. The van der Waals surface area contributed by atoms with Crippen molar-refractivity contribution in [1.29, 1.82) is 0 Å². The summed E-state index contributed by atoms with van der Waals surface area (Å²) in [6.07, 6.45) is 2.90. The standard InChI is InChI=1S/C11H16N2O3S/c14-9-10-4-7-13(8-5-10)17(15,16)11-3-1-2-6-12-11/h1-3,6,10,14H,4-5,7-9H2. The predicted molar refractivity (Wildman–Crippen MR) is 62.8 cm³/mol. The molecule has 5 nitrogen and oxygen atoms in total. The lowest BCUT2D eigenvalue weighted by molar-refractivity contribution is 0.170. The van der Waals surface area contributed by atoms with Crippen molar-refractivity contribution in [3.8, 4) is 0 Å². The maximum Gasteiger partial charge on any atom is 0.260 e. The molecule has 1 aliphatic heterocycles. The van der Waals surface area contributed by atoms with Gasteiger partial charge in [-0.3, -0.25) is 0 Å². The van der Waals surface area contributed by atoms with Crippen LogP contribution < -0.4 is 0 Å². The van der Waals surface area contributed by atoms with E-state index >= 15 is 0 Å². The van der Waals surface area contributed by atoms with Crippen molar-refractivity contribution in [1.82, 2.24) is 9.29 Å². The van der Waals surface area contributed by atoms with Crippen molar-refractivity contribution in [3.63, 3.8) is 0 Å².